The fourth-order valence-corrected chi connectivity index (χ4v) is 4.51. The van der Waals surface area contributed by atoms with Gasteiger partial charge in [0.2, 0.25) is 5.82 Å². The van der Waals surface area contributed by atoms with Gasteiger partial charge in [-0.1, -0.05) is 35.3 Å². The summed E-state index contributed by atoms with van der Waals surface area (Å²) in [7, 11) is -4.15. The Kier molecular flexibility index (Phi) is 5.90. The van der Waals surface area contributed by atoms with Crippen LogP contribution in [0.4, 0.5) is 5.82 Å². The predicted octanol–water partition coefficient (Wildman–Crippen LogP) is 4.67. The molecule has 4 aromatic rings. The lowest BCUT2D eigenvalue weighted by Gasteiger charge is -2.17. The highest BCUT2D eigenvalue weighted by molar-refractivity contribution is 7.92. The van der Waals surface area contributed by atoms with Crippen molar-refractivity contribution in [1.82, 2.24) is 19.9 Å². The van der Waals surface area contributed by atoms with Crippen molar-refractivity contribution in [1.29, 1.82) is 0 Å². The highest BCUT2D eigenvalue weighted by Gasteiger charge is 2.24. The summed E-state index contributed by atoms with van der Waals surface area (Å²) in [5.74, 6) is -0.142. The normalized spacial score (nSPS) is 12.5. The Bertz CT molecular complexity index is 1350. The minimum atomic E-state index is -4.15. The van der Waals surface area contributed by atoms with Crippen LogP contribution in [0.5, 0.6) is 5.88 Å². The van der Waals surface area contributed by atoms with E-state index in [9.17, 15) is 8.42 Å². The van der Waals surface area contributed by atoms with Gasteiger partial charge in [0.25, 0.3) is 15.9 Å². The molecule has 3 heterocycles. The summed E-state index contributed by atoms with van der Waals surface area (Å²) in [6.07, 6.45) is 4.35. The predicted molar refractivity (Wildman–Crippen MR) is 118 cm³/mol. The Morgan fingerprint density at radius 2 is 1.84 bits per heavy atom. The first-order chi connectivity index (χ1) is 14.8. The van der Waals surface area contributed by atoms with Crippen molar-refractivity contribution >= 4 is 50.2 Å². The highest BCUT2D eigenvalue weighted by atomic mass is 35.5. The molecule has 0 aliphatic heterocycles. The standard InChI is InChI=1S/C20H15Cl2N5O3S/c1-12(13-5-3-9-23-11-13)30-20-19(26-18-15(25-20)7-4-10-24-18)27-31(28,29)16-8-2-6-14(21)17(16)22/h2-12H,1H3,(H,24,26,27). The Balaban J connectivity index is 1.77. The number of hydrogen-bond acceptors (Lipinski definition) is 7. The van der Waals surface area contributed by atoms with Gasteiger partial charge in [-0.2, -0.15) is 0 Å². The molecule has 1 aromatic carbocycles. The van der Waals surface area contributed by atoms with Gasteiger partial charge in [0, 0.05) is 24.2 Å². The first-order valence-corrected chi connectivity index (χ1v) is 11.3. The van der Waals surface area contributed by atoms with E-state index in [0.717, 1.165) is 5.56 Å². The van der Waals surface area contributed by atoms with Crippen molar-refractivity contribution < 1.29 is 13.2 Å². The van der Waals surface area contributed by atoms with E-state index < -0.39 is 16.1 Å². The SMILES string of the molecule is CC(Oc1nc2cccnc2nc1NS(=O)(=O)c1cccc(Cl)c1Cl)c1cccnc1. The number of rotatable bonds is 6. The molecule has 0 aliphatic carbocycles. The van der Waals surface area contributed by atoms with Crippen molar-refractivity contribution in [2.45, 2.75) is 17.9 Å². The van der Waals surface area contributed by atoms with Crippen LogP contribution in [-0.2, 0) is 10.0 Å². The molecule has 8 nitrogen and oxygen atoms in total. The number of fused-ring (bicyclic) bond motifs is 1. The van der Waals surface area contributed by atoms with Gasteiger partial charge < -0.3 is 4.74 Å². The molecule has 0 saturated heterocycles. The summed E-state index contributed by atoms with van der Waals surface area (Å²) in [5, 5.41) is 0.00668. The monoisotopic (exact) mass is 475 g/mol. The van der Waals surface area contributed by atoms with Crippen LogP contribution in [0.15, 0.2) is 66.0 Å². The van der Waals surface area contributed by atoms with Gasteiger partial charge in [-0.15, -0.1) is 0 Å². The summed E-state index contributed by atoms with van der Waals surface area (Å²) in [4.78, 5) is 16.7. The molecule has 31 heavy (non-hydrogen) atoms. The largest absolute Gasteiger partial charge is 0.467 e. The Morgan fingerprint density at radius 3 is 2.61 bits per heavy atom. The van der Waals surface area contributed by atoms with E-state index in [4.69, 9.17) is 27.9 Å². The number of nitrogens with zero attached hydrogens (tertiary/aromatic N) is 4. The topological polar surface area (TPSA) is 107 Å². The summed E-state index contributed by atoms with van der Waals surface area (Å²) in [6.45, 7) is 1.79. The third-order valence-corrected chi connectivity index (χ3v) is 6.60. The van der Waals surface area contributed by atoms with Crippen molar-refractivity contribution in [3.63, 3.8) is 0 Å². The van der Waals surface area contributed by atoms with Gasteiger partial charge in [-0.05, 0) is 37.3 Å². The van der Waals surface area contributed by atoms with Crippen molar-refractivity contribution in [2.75, 3.05) is 4.72 Å². The lowest BCUT2D eigenvalue weighted by molar-refractivity contribution is 0.218. The van der Waals surface area contributed by atoms with Crippen LogP contribution in [0.1, 0.15) is 18.6 Å². The molecule has 158 valence electrons. The van der Waals surface area contributed by atoms with E-state index in [1.165, 1.54) is 24.4 Å². The zero-order valence-corrected chi connectivity index (χ0v) is 18.4. The highest BCUT2D eigenvalue weighted by Crippen LogP contribution is 2.33. The van der Waals surface area contributed by atoms with Crippen LogP contribution in [0.2, 0.25) is 10.0 Å². The molecule has 1 unspecified atom stereocenters. The molecule has 0 aliphatic rings. The number of nitrogens with one attached hydrogen (secondary N) is 1. The van der Waals surface area contributed by atoms with Gasteiger partial charge in [-0.25, -0.2) is 23.4 Å². The van der Waals surface area contributed by atoms with Crippen molar-refractivity contribution in [3.05, 3.63) is 76.7 Å². The molecule has 0 fully saturated rings. The maximum absolute atomic E-state index is 13.0. The summed E-state index contributed by atoms with van der Waals surface area (Å²) in [5.41, 5.74) is 1.47. The number of halogens is 2. The second-order valence-corrected chi connectivity index (χ2v) is 8.86. The number of hydrogen-bond donors (Lipinski definition) is 1. The average Bonchev–Trinajstić information content (AvgIpc) is 2.76. The quantitative estimate of drug-likeness (QED) is 0.431. The van der Waals surface area contributed by atoms with Gasteiger partial charge in [0.15, 0.2) is 5.65 Å². The molecule has 0 saturated carbocycles. The zero-order valence-electron chi connectivity index (χ0n) is 16.0. The molecule has 0 spiro atoms. The van der Waals surface area contributed by atoms with Crippen LogP contribution >= 0.6 is 23.2 Å². The van der Waals surface area contributed by atoms with E-state index in [-0.39, 0.29) is 32.3 Å². The zero-order chi connectivity index (χ0) is 22.0. The maximum atomic E-state index is 13.0. The second kappa shape index (κ2) is 8.62. The number of aromatic nitrogens is 4. The van der Waals surface area contributed by atoms with Crippen LogP contribution < -0.4 is 9.46 Å². The van der Waals surface area contributed by atoms with E-state index >= 15 is 0 Å². The Hall–Kier alpha value is -3.01. The van der Waals surface area contributed by atoms with Gasteiger partial charge in [0.1, 0.15) is 16.5 Å². The van der Waals surface area contributed by atoms with Crippen LogP contribution in [0.25, 0.3) is 11.2 Å². The molecular weight excluding hydrogens is 461 g/mol. The molecule has 4 rings (SSSR count). The van der Waals surface area contributed by atoms with Crippen molar-refractivity contribution in [3.8, 4) is 5.88 Å². The molecule has 3 aromatic heterocycles. The first kappa shape index (κ1) is 21.2. The molecule has 0 bridgehead atoms. The maximum Gasteiger partial charge on any atom is 0.264 e. The smallest absolute Gasteiger partial charge is 0.264 e. The van der Waals surface area contributed by atoms with Crippen molar-refractivity contribution in [2.24, 2.45) is 0 Å². The van der Waals surface area contributed by atoms with E-state index in [0.29, 0.717) is 5.52 Å². The van der Waals surface area contributed by atoms with Crippen LogP contribution in [0.3, 0.4) is 0 Å². The molecule has 0 radical (unpaired) electrons. The van der Waals surface area contributed by atoms with E-state index in [1.54, 1.807) is 37.5 Å². The minimum absolute atomic E-state index is 0.0152. The lowest BCUT2D eigenvalue weighted by atomic mass is 10.2. The first-order valence-electron chi connectivity index (χ1n) is 9.01. The van der Waals surface area contributed by atoms with Crippen LogP contribution in [-0.4, -0.2) is 28.4 Å². The number of ether oxygens (including phenoxy) is 1. The molecule has 0 amide bonds. The third-order valence-electron chi connectivity index (χ3n) is 4.29. The Morgan fingerprint density at radius 1 is 1.03 bits per heavy atom. The number of benzene rings is 1. The van der Waals surface area contributed by atoms with E-state index in [2.05, 4.69) is 24.7 Å². The molecule has 11 heteroatoms. The lowest BCUT2D eigenvalue weighted by Crippen LogP contribution is -2.17. The summed E-state index contributed by atoms with van der Waals surface area (Å²) < 4.78 is 34.4. The minimum Gasteiger partial charge on any atom is -0.467 e. The fourth-order valence-electron chi connectivity index (χ4n) is 2.75. The van der Waals surface area contributed by atoms with Crippen LogP contribution in [0, 0.1) is 0 Å². The number of sulfonamides is 1. The molecular formula is C20H15Cl2N5O3S. The molecule has 1 N–H and O–H groups in total. The fraction of sp³-hybridized carbons (Fsp3) is 0.100. The summed E-state index contributed by atoms with van der Waals surface area (Å²) >= 11 is 12.1. The van der Waals surface area contributed by atoms with Gasteiger partial charge in [0.05, 0.1) is 10.0 Å². The van der Waals surface area contributed by atoms with Gasteiger partial charge >= 0.3 is 0 Å². The second-order valence-electron chi connectivity index (χ2n) is 6.43. The third kappa shape index (κ3) is 4.53. The summed E-state index contributed by atoms with van der Waals surface area (Å²) in [6, 6.07) is 11.3. The Labute approximate surface area is 188 Å². The van der Waals surface area contributed by atoms with E-state index in [1.807, 2.05) is 6.07 Å². The molecule has 1 atom stereocenters. The number of pyridine rings is 2. The number of anilines is 1. The average molecular weight is 476 g/mol. The van der Waals surface area contributed by atoms with Gasteiger partial charge in [-0.3, -0.25) is 9.71 Å².